The molecule has 0 unspecified atom stereocenters. The predicted octanol–water partition coefficient (Wildman–Crippen LogP) is 4.67. The molecule has 0 spiro atoms. The van der Waals surface area contributed by atoms with E-state index < -0.39 is 0 Å². The largest absolute Gasteiger partial charge is 0.393 e. The van der Waals surface area contributed by atoms with Gasteiger partial charge in [-0.3, -0.25) is 0 Å². The molecular weight excluding hydrogens is 369 g/mol. The summed E-state index contributed by atoms with van der Waals surface area (Å²) in [6, 6.07) is 13.6. The Bertz CT molecular complexity index is 960. The molecular formula is C19H17Cl2N5. The maximum absolute atomic E-state index is 6.36. The number of nitrogens with two attached hydrogens (primary N) is 1. The van der Waals surface area contributed by atoms with Crippen LogP contribution in [0, 0.1) is 0 Å². The number of hydrogen-bond acceptors (Lipinski definition) is 5. The third kappa shape index (κ3) is 3.28. The molecule has 0 saturated carbocycles. The molecule has 0 fully saturated rings. The normalized spacial score (nSPS) is 13.4. The van der Waals surface area contributed by atoms with Crippen molar-refractivity contribution >= 4 is 46.2 Å². The number of anilines is 4. The minimum atomic E-state index is 0.489. The standard InChI is InChI=1S/C19H17Cl2N5/c20-14-5-6-15(21)16(9-14)25-18-17(22)19(24-11-23-18)26-8-7-12-3-1-2-4-13(12)10-26/h1-6,9,11H,7-8,10,22H2,(H,23,24,25). The average Bonchev–Trinajstić information content (AvgIpc) is 2.66. The molecule has 1 aliphatic heterocycles. The fourth-order valence-electron chi connectivity index (χ4n) is 3.14. The minimum Gasteiger partial charge on any atom is -0.393 e. The van der Waals surface area contributed by atoms with E-state index in [1.54, 1.807) is 18.2 Å². The van der Waals surface area contributed by atoms with Crippen LogP contribution in [-0.2, 0) is 13.0 Å². The molecule has 0 saturated heterocycles. The number of aromatic nitrogens is 2. The quantitative estimate of drug-likeness (QED) is 0.685. The fourth-order valence-corrected chi connectivity index (χ4v) is 3.47. The Hall–Kier alpha value is -2.50. The number of fused-ring (bicyclic) bond motifs is 1. The summed E-state index contributed by atoms with van der Waals surface area (Å²) in [5.74, 6) is 1.23. The maximum atomic E-state index is 6.36. The van der Waals surface area contributed by atoms with Crippen molar-refractivity contribution in [2.24, 2.45) is 0 Å². The van der Waals surface area contributed by atoms with Gasteiger partial charge in [-0.25, -0.2) is 9.97 Å². The van der Waals surface area contributed by atoms with Crippen molar-refractivity contribution in [2.75, 3.05) is 22.5 Å². The molecule has 5 nitrogen and oxygen atoms in total. The summed E-state index contributed by atoms with van der Waals surface area (Å²) in [5.41, 5.74) is 10.2. The third-order valence-corrected chi connectivity index (χ3v) is 5.04. The molecule has 0 radical (unpaired) electrons. The maximum Gasteiger partial charge on any atom is 0.159 e. The summed E-state index contributed by atoms with van der Waals surface area (Å²) in [6.07, 6.45) is 2.47. The van der Waals surface area contributed by atoms with Gasteiger partial charge in [0.1, 0.15) is 12.0 Å². The van der Waals surface area contributed by atoms with Crippen molar-refractivity contribution < 1.29 is 0 Å². The van der Waals surface area contributed by atoms with Crippen LogP contribution in [0.1, 0.15) is 11.1 Å². The summed E-state index contributed by atoms with van der Waals surface area (Å²) >= 11 is 12.3. The number of benzene rings is 2. The van der Waals surface area contributed by atoms with Gasteiger partial charge in [-0.15, -0.1) is 0 Å². The summed E-state index contributed by atoms with van der Waals surface area (Å²) in [6.45, 7) is 1.63. The van der Waals surface area contributed by atoms with Crippen LogP contribution in [0.5, 0.6) is 0 Å². The highest BCUT2D eigenvalue weighted by Crippen LogP contribution is 2.34. The van der Waals surface area contributed by atoms with Gasteiger partial charge in [-0.2, -0.15) is 0 Å². The van der Waals surface area contributed by atoms with E-state index in [1.807, 2.05) is 0 Å². The Balaban J connectivity index is 1.63. The highest BCUT2D eigenvalue weighted by molar-refractivity contribution is 6.35. The third-order valence-electron chi connectivity index (χ3n) is 4.47. The van der Waals surface area contributed by atoms with E-state index in [9.17, 15) is 0 Å². The van der Waals surface area contributed by atoms with E-state index in [0.29, 0.717) is 27.2 Å². The number of halogens is 2. The second-order valence-corrected chi connectivity index (χ2v) is 6.99. The first-order valence-corrected chi connectivity index (χ1v) is 9.01. The number of rotatable bonds is 3. The van der Waals surface area contributed by atoms with Crippen molar-refractivity contribution in [3.8, 4) is 0 Å². The second kappa shape index (κ2) is 7.02. The van der Waals surface area contributed by atoms with E-state index in [4.69, 9.17) is 28.9 Å². The van der Waals surface area contributed by atoms with Crippen LogP contribution in [0.2, 0.25) is 10.0 Å². The minimum absolute atomic E-state index is 0.489. The van der Waals surface area contributed by atoms with Crippen LogP contribution < -0.4 is 16.0 Å². The van der Waals surface area contributed by atoms with E-state index in [1.165, 1.54) is 17.5 Å². The molecule has 1 aliphatic rings. The molecule has 3 N–H and O–H groups in total. The lowest BCUT2D eigenvalue weighted by atomic mass is 10.00. The van der Waals surface area contributed by atoms with Gasteiger partial charge < -0.3 is 16.0 Å². The zero-order chi connectivity index (χ0) is 18.1. The first-order chi connectivity index (χ1) is 12.6. The van der Waals surface area contributed by atoms with E-state index in [2.05, 4.69) is 44.5 Å². The summed E-state index contributed by atoms with van der Waals surface area (Å²) in [5, 5.41) is 4.28. The summed E-state index contributed by atoms with van der Waals surface area (Å²) < 4.78 is 0. The summed E-state index contributed by atoms with van der Waals surface area (Å²) in [7, 11) is 0. The van der Waals surface area contributed by atoms with Crippen LogP contribution in [0.25, 0.3) is 0 Å². The highest BCUT2D eigenvalue weighted by atomic mass is 35.5. The Morgan fingerprint density at radius 1 is 1.04 bits per heavy atom. The van der Waals surface area contributed by atoms with Crippen molar-refractivity contribution in [2.45, 2.75) is 13.0 Å². The van der Waals surface area contributed by atoms with E-state index in [0.717, 1.165) is 25.3 Å². The lowest BCUT2D eigenvalue weighted by Gasteiger charge is -2.30. The molecule has 0 amide bonds. The Morgan fingerprint density at radius 3 is 2.69 bits per heavy atom. The first-order valence-electron chi connectivity index (χ1n) is 8.26. The second-order valence-electron chi connectivity index (χ2n) is 6.15. The summed E-state index contributed by atoms with van der Waals surface area (Å²) in [4.78, 5) is 10.8. The Kier molecular flexibility index (Phi) is 4.57. The number of hydrogen-bond donors (Lipinski definition) is 2. The highest BCUT2D eigenvalue weighted by Gasteiger charge is 2.21. The molecule has 26 heavy (non-hydrogen) atoms. The fraction of sp³-hybridized carbons (Fsp3) is 0.158. The molecule has 4 rings (SSSR count). The Morgan fingerprint density at radius 2 is 1.85 bits per heavy atom. The molecule has 132 valence electrons. The van der Waals surface area contributed by atoms with Gasteiger partial charge in [0.25, 0.3) is 0 Å². The molecule has 3 aromatic rings. The van der Waals surface area contributed by atoms with Gasteiger partial charge in [0.2, 0.25) is 0 Å². The van der Waals surface area contributed by atoms with Gasteiger partial charge in [0.15, 0.2) is 11.6 Å². The van der Waals surface area contributed by atoms with Crippen LogP contribution in [0.15, 0.2) is 48.8 Å². The molecule has 2 aromatic carbocycles. The van der Waals surface area contributed by atoms with Crippen molar-refractivity contribution in [1.82, 2.24) is 9.97 Å². The van der Waals surface area contributed by atoms with Gasteiger partial charge in [-0.1, -0.05) is 47.5 Å². The van der Waals surface area contributed by atoms with Gasteiger partial charge in [-0.05, 0) is 35.7 Å². The zero-order valence-corrected chi connectivity index (χ0v) is 15.4. The topological polar surface area (TPSA) is 67.1 Å². The lowest BCUT2D eigenvalue weighted by molar-refractivity contribution is 0.721. The molecule has 1 aromatic heterocycles. The van der Waals surface area contributed by atoms with Crippen LogP contribution in [-0.4, -0.2) is 16.5 Å². The van der Waals surface area contributed by atoms with Crippen molar-refractivity contribution in [1.29, 1.82) is 0 Å². The van der Waals surface area contributed by atoms with Crippen LogP contribution in [0.3, 0.4) is 0 Å². The molecule has 0 bridgehead atoms. The van der Waals surface area contributed by atoms with Crippen LogP contribution in [0.4, 0.5) is 23.0 Å². The van der Waals surface area contributed by atoms with E-state index in [-0.39, 0.29) is 0 Å². The molecule has 0 atom stereocenters. The van der Waals surface area contributed by atoms with Crippen molar-refractivity contribution in [3.63, 3.8) is 0 Å². The van der Waals surface area contributed by atoms with Gasteiger partial charge in [0.05, 0.1) is 10.7 Å². The SMILES string of the molecule is Nc1c(Nc2cc(Cl)ccc2Cl)ncnc1N1CCc2ccccc2C1. The smallest absolute Gasteiger partial charge is 0.159 e. The Labute approximate surface area is 161 Å². The molecule has 2 heterocycles. The molecule has 7 heteroatoms. The molecule has 0 aliphatic carbocycles. The number of nitrogens with zero attached hydrogens (tertiary/aromatic N) is 3. The van der Waals surface area contributed by atoms with Crippen molar-refractivity contribution in [3.05, 3.63) is 70.0 Å². The first kappa shape index (κ1) is 16.9. The van der Waals surface area contributed by atoms with Gasteiger partial charge in [0, 0.05) is 18.1 Å². The van der Waals surface area contributed by atoms with Crippen LogP contribution >= 0.6 is 23.2 Å². The zero-order valence-electron chi connectivity index (χ0n) is 13.9. The lowest BCUT2D eigenvalue weighted by Crippen LogP contribution is -2.31. The number of nitrogens with one attached hydrogen (secondary N) is 1. The monoisotopic (exact) mass is 385 g/mol. The number of nitrogen functional groups attached to an aromatic ring is 1. The average molecular weight is 386 g/mol. The predicted molar refractivity (Wildman–Crippen MR) is 107 cm³/mol. The van der Waals surface area contributed by atoms with E-state index >= 15 is 0 Å². The van der Waals surface area contributed by atoms with Gasteiger partial charge >= 0.3 is 0 Å².